The second-order valence-corrected chi connectivity index (χ2v) is 7.13. The van der Waals surface area contributed by atoms with Crippen molar-refractivity contribution in [1.29, 1.82) is 5.26 Å². The van der Waals surface area contributed by atoms with Crippen LogP contribution in [0, 0.1) is 17.2 Å². The highest BCUT2D eigenvalue weighted by Crippen LogP contribution is 2.48. The summed E-state index contributed by atoms with van der Waals surface area (Å²) in [4.78, 5) is 17.3. The molecular formula is C19H23N3O. The van der Waals surface area contributed by atoms with Crippen LogP contribution in [-0.4, -0.2) is 47.9 Å². The third kappa shape index (κ3) is 2.86. The molecule has 2 atom stereocenters. The summed E-state index contributed by atoms with van der Waals surface area (Å²) in [7, 11) is 0. The first-order valence-corrected chi connectivity index (χ1v) is 8.79. The van der Waals surface area contributed by atoms with Gasteiger partial charge < -0.3 is 4.90 Å². The maximum atomic E-state index is 12.7. The number of hydrogen-bond donors (Lipinski definition) is 0. The number of benzene rings is 1. The highest BCUT2D eigenvalue weighted by Gasteiger charge is 2.46. The van der Waals surface area contributed by atoms with Gasteiger partial charge in [-0.25, -0.2) is 0 Å². The van der Waals surface area contributed by atoms with Crippen LogP contribution in [0.3, 0.4) is 0 Å². The first kappa shape index (κ1) is 14.7. The second-order valence-electron chi connectivity index (χ2n) is 7.13. The van der Waals surface area contributed by atoms with E-state index in [1.807, 2.05) is 24.3 Å². The second kappa shape index (κ2) is 5.98. The Morgan fingerprint density at radius 3 is 2.61 bits per heavy atom. The first-order chi connectivity index (χ1) is 11.3. The molecule has 2 saturated carbocycles. The van der Waals surface area contributed by atoms with Gasteiger partial charge in [0, 0.05) is 38.1 Å². The molecule has 0 unspecified atom stereocenters. The largest absolute Gasteiger partial charge is 0.340 e. The zero-order chi connectivity index (χ0) is 15.8. The fourth-order valence-electron chi connectivity index (χ4n) is 3.97. The van der Waals surface area contributed by atoms with Crippen LogP contribution in [0.4, 0.5) is 0 Å². The molecule has 4 nitrogen and oxygen atoms in total. The van der Waals surface area contributed by atoms with Crippen LogP contribution in [0.1, 0.15) is 42.7 Å². The molecule has 1 amide bonds. The van der Waals surface area contributed by atoms with Crippen LogP contribution in [0.15, 0.2) is 24.3 Å². The summed E-state index contributed by atoms with van der Waals surface area (Å²) in [6.07, 6.45) is 4.99. The smallest absolute Gasteiger partial charge is 0.226 e. The van der Waals surface area contributed by atoms with Gasteiger partial charge in [0.05, 0.1) is 11.6 Å². The van der Waals surface area contributed by atoms with Crippen LogP contribution in [-0.2, 0) is 4.79 Å². The molecule has 23 heavy (non-hydrogen) atoms. The Balaban J connectivity index is 1.33. The normalized spacial score (nSPS) is 28.0. The maximum Gasteiger partial charge on any atom is 0.226 e. The molecule has 1 heterocycles. The number of nitrogens with zero attached hydrogens (tertiary/aromatic N) is 3. The summed E-state index contributed by atoms with van der Waals surface area (Å²) in [5.74, 6) is 0.783. The Labute approximate surface area is 137 Å². The van der Waals surface area contributed by atoms with Crippen LogP contribution in [0.25, 0.3) is 0 Å². The van der Waals surface area contributed by atoms with Gasteiger partial charge in [-0.15, -0.1) is 0 Å². The molecule has 0 radical (unpaired) electrons. The lowest BCUT2D eigenvalue weighted by atomic mass is 9.91. The summed E-state index contributed by atoms with van der Waals surface area (Å²) in [5.41, 5.74) is 1.84. The van der Waals surface area contributed by atoms with Gasteiger partial charge in [-0.3, -0.25) is 9.69 Å². The van der Waals surface area contributed by atoms with Gasteiger partial charge in [0.15, 0.2) is 0 Å². The standard InChI is InChI=1S/C19H23N3O/c20-13-14-3-1-4-15(11-14)17-12-18(17)19(23)22-9-7-21(8-10-22)16-5-2-6-16/h1,3-4,11,16-18H,2,5-10,12H2/t17-,18+/m1/s1. The number of amides is 1. The minimum absolute atomic E-state index is 0.138. The van der Waals surface area contributed by atoms with Crippen molar-refractivity contribution in [1.82, 2.24) is 9.80 Å². The minimum Gasteiger partial charge on any atom is -0.340 e. The van der Waals surface area contributed by atoms with Gasteiger partial charge in [0.1, 0.15) is 0 Å². The third-order valence-corrected chi connectivity index (χ3v) is 5.77. The van der Waals surface area contributed by atoms with Crippen LogP contribution in [0.5, 0.6) is 0 Å². The molecule has 0 aromatic heterocycles. The van der Waals surface area contributed by atoms with E-state index in [1.165, 1.54) is 19.3 Å². The Bertz CT molecular complexity index is 638. The lowest BCUT2D eigenvalue weighted by Crippen LogP contribution is -2.53. The Kier molecular flexibility index (Phi) is 3.82. The van der Waals surface area contributed by atoms with E-state index in [9.17, 15) is 4.79 Å². The number of piperazine rings is 1. The first-order valence-electron chi connectivity index (χ1n) is 8.79. The van der Waals surface area contributed by atoms with Crippen molar-refractivity contribution in [3.8, 4) is 6.07 Å². The van der Waals surface area contributed by atoms with Gasteiger partial charge in [-0.1, -0.05) is 18.6 Å². The molecule has 4 heteroatoms. The van der Waals surface area contributed by atoms with E-state index >= 15 is 0 Å². The highest BCUT2D eigenvalue weighted by atomic mass is 16.2. The van der Waals surface area contributed by atoms with Crippen molar-refractivity contribution in [2.24, 2.45) is 5.92 Å². The predicted molar refractivity (Wildman–Crippen MR) is 87.8 cm³/mol. The summed E-state index contributed by atoms with van der Waals surface area (Å²) < 4.78 is 0. The fourth-order valence-corrected chi connectivity index (χ4v) is 3.97. The summed E-state index contributed by atoms with van der Waals surface area (Å²) in [5, 5.41) is 9.01. The van der Waals surface area contributed by atoms with Crippen LogP contribution in [0.2, 0.25) is 0 Å². The van der Waals surface area contributed by atoms with E-state index < -0.39 is 0 Å². The number of carbonyl (C=O) groups is 1. The third-order valence-electron chi connectivity index (χ3n) is 5.77. The molecule has 1 aliphatic heterocycles. The molecule has 1 aromatic rings. The van der Waals surface area contributed by atoms with Crippen molar-refractivity contribution in [2.45, 2.75) is 37.6 Å². The van der Waals surface area contributed by atoms with E-state index in [0.717, 1.165) is 44.2 Å². The summed E-state index contributed by atoms with van der Waals surface area (Å²) >= 11 is 0. The average Bonchev–Trinajstić information content (AvgIpc) is 3.34. The van der Waals surface area contributed by atoms with Gasteiger partial charge >= 0.3 is 0 Å². The van der Waals surface area contributed by atoms with E-state index in [1.54, 1.807) is 0 Å². The number of rotatable bonds is 3. The fraction of sp³-hybridized carbons (Fsp3) is 0.579. The zero-order valence-corrected chi connectivity index (χ0v) is 13.4. The molecule has 4 rings (SSSR count). The lowest BCUT2D eigenvalue weighted by molar-refractivity contribution is -0.135. The topological polar surface area (TPSA) is 47.3 Å². The predicted octanol–water partition coefficient (Wildman–Crippen LogP) is 2.36. The van der Waals surface area contributed by atoms with Gasteiger partial charge in [-0.05, 0) is 42.9 Å². The highest BCUT2D eigenvalue weighted by molar-refractivity contribution is 5.83. The quantitative estimate of drug-likeness (QED) is 0.861. The zero-order valence-electron chi connectivity index (χ0n) is 13.4. The van der Waals surface area contributed by atoms with E-state index in [2.05, 4.69) is 15.9 Å². The lowest BCUT2D eigenvalue weighted by Gasteiger charge is -2.43. The van der Waals surface area contributed by atoms with Crippen molar-refractivity contribution >= 4 is 5.91 Å². The van der Waals surface area contributed by atoms with Crippen molar-refractivity contribution in [3.05, 3.63) is 35.4 Å². The van der Waals surface area contributed by atoms with E-state index in [-0.39, 0.29) is 5.92 Å². The molecule has 0 N–H and O–H groups in total. The molecule has 0 spiro atoms. The molecule has 0 bridgehead atoms. The number of hydrogen-bond acceptors (Lipinski definition) is 3. The van der Waals surface area contributed by atoms with Crippen molar-refractivity contribution in [2.75, 3.05) is 26.2 Å². The monoisotopic (exact) mass is 309 g/mol. The molecule has 1 aromatic carbocycles. The molecule has 3 fully saturated rings. The van der Waals surface area contributed by atoms with E-state index in [4.69, 9.17) is 5.26 Å². The van der Waals surface area contributed by atoms with Crippen LogP contribution >= 0.6 is 0 Å². The number of nitriles is 1. The molecule has 2 aliphatic carbocycles. The molecule has 3 aliphatic rings. The van der Waals surface area contributed by atoms with Crippen molar-refractivity contribution < 1.29 is 4.79 Å². The molecular weight excluding hydrogens is 286 g/mol. The van der Waals surface area contributed by atoms with Crippen LogP contribution < -0.4 is 0 Å². The maximum absolute atomic E-state index is 12.7. The molecule has 120 valence electrons. The Morgan fingerprint density at radius 2 is 1.96 bits per heavy atom. The van der Waals surface area contributed by atoms with Gasteiger partial charge in [0.2, 0.25) is 5.91 Å². The number of carbonyl (C=O) groups excluding carboxylic acids is 1. The summed E-state index contributed by atoms with van der Waals surface area (Å²) in [6, 6.07) is 10.7. The SMILES string of the molecule is N#Cc1cccc([C@H]2C[C@@H]2C(=O)N2CCN(C3CCC3)CC2)c1. The van der Waals surface area contributed by atoms with Gasteiger partial charge in [0.25, 0.3) is 0 Å². The Hall–Kier alpha value is -1.86. The summed E-state index contributed by atoms with van der Waals surface area (Å²) in [6.45, 7) is 3.85. The molecule has 1 saturated heterocycles. The average molecular weight is 309 g/mol. The Morgan fingerprint density at radius 1 is 1.17 bits per heavy atom. The van der Waals surface area contributed by atoms with Gasteiger partial charge in [-0.2, -0.15) is 5.26 Å². The van der Waals surface area contributed by atoms with Crippen molar-refractivity contribution in [3.63, 3.8) is 0 Å². The minimum atomic E-state index is 0.138. The van der Waals surface area contributed by atoms with E-state index in [0.29, 0.717) is 17.4 Å².